The molecule has 1 fully saturated rings. The van der Waals surface area contributed by atoms with Crippen LogP contribution in [0.4, 0.5) is 0 Å². The number of rotatable bonds is 3. The second-order valence-corrected chi connectivity index (χ2v) is 5.97. The van der Waals surface area contributed by atoms with E-state index in [-0.39, 0.29) is 11.1 Å². The van der Waals surface area contributed by atoms with Crippen molar-refractivity contribution in [3.8, 4) is 0 Å². The molecule has 0 aromatic carbocycles. The van der Waals surface area contributed by atoms with Crippen LogP contribution in [0.25, 0.3) is 0 Å². The predicted molar refractivity (Wildman–Crippen MR) is 62.0 cm³/mol. The summed E-state index contributed by atoms with van der Waals surface area (Å²) in [5.41, 5.74) is 0. The summed E-state index contributed by atoms with van der Waals surface area (Å²) in [5.74, 6) is 0. The minimum absolute atomic E-state index is 0.0873. The van der Waals surface area contributed by atoms with Crippen molar-refractivity contribution in [2.24, 2.45) is 7.05 Å². The summed E-state index contributed by atoms with van der Waals surface area (Å²) in [6.45, 7) is 3.27. The highest BCUT2D eigenvalue weighted by Crippen LogP contribution is 2.20. The molecule has 0 aliphatic carbocycles. The third-order valence-electron chi connectivity index (χ3n) is 2.90. The lowest BCUT2D eigenvalue weighted by atomic mass is 10.2. The fourth-order valence-electron chi connectivity index (χ4n) is 1.92. The largest absolute Gasteiger partial charge is 0.378 e. The summed E-state index contributed by atoms with van der Waals surface area (Å²) in [4.78, 5) is 3.92. The normalized spacial score (nSPS) is 22.8. The van der Waals surface area contributed by atoms with Crippen molar-refractivity contribution in [2.45, 2.75) is 24.4 Å². The summed E-state index contributed by atoms with van der Waals surface area (Å²) in [7, 11) is -1.73. The zero-order valence-corrected chi connectivity index (χ0v) is 10.9. The van der Waals surface area contributed by atoms with E-state index < -0.39 is 10.0 Å². The highest BCUT2D eigenvalue weighted by Gasteiger charge is 2.34. The Morgan fingerprint density at radius 1 is 1.59 bits per heavy atom. The average Bonchev–Trinajstić information content (AvgIpc) is 2.76. The molecule has 6 nitrogen and oxygen atoms in total. The molecular weight excluding hydrogens is 242 g/mol. The summed E-state index contributed by atoms with van der Waals surface area (Å²) < 4.78 is 33.2. The molecule has 2 heterocycles. The van der Waals surface area contributed by atoms with Gasteiger partial charge in [0.25, 0.3) is 10.0 Å². The number of hydrogen-bond donors (Lipinski definition) is 0. The first kappa shape index (κ1) is 12.5. The molecule has 1 aliphatic heterocycles. The van der Waals surface area contributed by atoms with Crippen molar-refractivity contribution >= 4 is 10.0 Å². The third-order valence-corrected chi connectivity index (χ3v) is 4.74. The van der Waals surface area contributed by atoms with Crippen molar-refractivity contribution in [3.05, 3.63) is 12.5 Å². The summed E-state index contributed by atoms with van der Waals surface area (Å²) >= 11 is 0. The van der Waals surface area contributed by atoms with Gasteiger partial charge in [-0.25, -0.2) is 13.4 Å². The lowest BCUT2D eigenvalue weighted by Crippen LogP contribution is -2.48. The van der Waals surface area contributed by atoms with Crippen LogP contribution in [0, 0.1) is 0 Å². The van der Waals surface area contributed by atoms with Gasteiger partial charge < -0.3 is 9.30 Å². The zero-order chi connectivity index (χ0) is 12.5. The maximum atomic E-state index is 12.4. The molecule has 1 aromatic rings. The maximum absolute atomic E-state index is 12.4. The van der Waals surface area contributed by atoms with Gasteiger partial charge in [0.05, 0.1) is 19.5 Å². The van der Waals surface area contributed by atoms with Crippen LogP contribution in [-0.2, 0) is 21.8 Å². The van der Waals surface area contributed by atoms with E-state index in [0.717, 1.165) is 6.42 Å². The molecule has 1 aromatic heterocycles. The Balaban J connectivity index is 2.30. The number of sulfonamides is 1. The van der Waals surface area contributed by atoms with Gasteiger partial charge in [-0.15, -0.1) is 0 Å². The Morgan fingerprint density at radius 3 is 2.94 bits per heavy atom. The van der Waals surface area contributed by atoms with E-state index in [1.165, 1.54) is 16.8 Å². The van der Waals surface area contributed by atoms with Gasteiger partial charge in [-0.05, 0) is 6.42 Å². The quantitative estimate of drug-likeness (QED) is 0.779. The van der Waals surface area contributed by atoms with Gasteiger partial charge in [0, 0.05) is 25.8 Å². The van der Waals surface area contributed by atoms with Crippen molar-refractivity contribution < 1.29 is 13.2 Å². The number of nitrogens with zero attached hydrogens (tertiary/aromatic N) is 3. The lowest BCUT2D eigenvalue weighted by Gasteiger charge is -2.33. The predicted octanol–water partition coefficient (Wildman–Crippen LogP) is 0.220. The molecule has 0 N–H and O–H groups in total. The number of imidazole rings is 1. The topological polar surface area (TPSA) is 64.4 Å². The second kappa shape index (κ2) is 4.75. The highest BCUT2D eigenvalue weighted by atomic mass is 32.2. The summed E-state index contributed by atoms with van der Waals surface area (Å²) in [5, 5.41) is 0.111. The Morgan fingerprint density at radius 2 is 2.35 bits per heavy atom. The molecule has 0 unspecified atom stereocenters. The van der Waals surface area contributed by atoms with Gasteiger partial charge in [0.15, 0.2) is 5.03 Å². The van der Waals surface area contributed by atoms with Gasteiger partial charge in [-0.3, -0.25) is 0 Å². The first-order valence-corrected chi connectivity index (χ1v) is 7.07. The number of morpholine rings is 1. The van der Waals surface area contributed by atoms with Gasteiger partial charge in [0.2, 0.25) is 0 Å². The van der Waals surface area contributed by atoms with Crippen molar-refractivity contribution in [1.29, 1.82) is 0 Å². The van der Waals surface area contributed by atoms with Gasteiger partial charge in [-0.2, -0.15) is 4.31 Å². The third kappa shape index (κ3) is 2.36. The Hall–Kier alpha value is -0.920. The van der Waals surface area contributed by atoms with Gasteiger partial charge >= 0.3 is 0 Å². The molecule has 17 heavy (non-hydrogen) atoms. The standard InChI is InChI=1S/C10H17N3O3S/c1-3-9-7-16-5-4-13(9)17(14,15)10-6-12(2)8-11-10/h6,8-9H,3-5,7H2,1-2H3/t9-/m0/s1. The van der Waals surface area contributed by atoms with Crippen LogP contribution in [0.15, 0.2) is 17.6 Å². The van der Waals surface area contributed by atoms with E-state index in [2.05, 4.69) is 4.98 Å². The van der Waals surface area contributed by atoms with Crippen LogP contribution < -0.4 is 0 Å². The number of ether oxygens (including phenoxy) is 1. The van der Waals surface area contributed by atoms with E-state index in [4.69, 9.17) is 4.74 Å². The van der Waals surface area contributed by atoms with Crippen LogP contribution >= 0.6 is 0 Å². The number of aromatic nitrogens is 2. The minimum atomic E-state index is -3.48. The van der Waals surface area contributed by atoms with E-state index in [0.29, 0.717) is 19.8 Å². The monoisotopic (exact) mass is 259 g/mol. The van der Waals surface area contributed by atoms with E-state index in [9.17, 15) is 8.42 Å². The van der Waals surface area contributed by atoms with E-state index >= 15 is 0 Å². The van der Waals surface area contributed by atoms with Crippen LogP contribution in [0.1, 0.15) is 13.3 Å². The summed E-state index contributed by atoms with van der Waals surface area (Å²) in [6, 6.07) is -0.0873. The average molecular weight is 259 g/mol. The summed E-state index contributed by atoms with van der Waals surface area (Å²) in [6.07, 6.45) is 3.76. The Labute approximate surface area is 101 Å². The molecule has 0 bridgehead atoms. The molecule has 1 saturated heterocycles. The zero-order valence-electron chi connectivity index (χ0n) is 10.0. The fraction of sp³-hybridized carbons (Fsp3) is 0.700. The fourth-order valence-corrected chi connectivity index (χ4v) is 3.56. The minimum Gasteiger partial charge on any atom is -0.378 e. The Kier molecular flexibility index (Phi) is 3.50. The molecule has 1 atom stereocenters. The van der Waals surface area contributed by atoms with E-state index in [1.807, 2.05) is 6.92 Å². The van der Waals surface area contributed by atoms with Crippen molar-refractivity contribution in [1.82, 2.24) is 13.9 Å². The molecule has 1 aliphatic rings. The van der Waals surface area contributed by atoms with E-state index in [1.54, 1.807) is 11.6 Å². The van der Waals surface area contributed by atoms with Crippen molar-refractivity contribution in [2.75, 3.05) is 19.8 Å². The molecule has 0 amide bonds. The smallest absolute Gasteiger partial charge is 0.262 e. The second-order valence-electron chi connectivity index (χ2n) is 4.13. The molecule has 7 heteroatoms. The first-order valence-electron chi connectivity index (χ1n) is 5.63. The molecule has 0 saturated carbocycles. The van der Waals surface area contributed by atoms with Crippen molar-refractivity contribution in [3.63, 3.8) is 0 Å². The number of aryl methyl sites for hydroxylation is 1. The van der Waals surface area contributed by atoms with Crippen LogP contribution in [-0.4, -0.2) is 48.1 Å². The van der Waals surface area contributed by atoms with Crippen LogP contribution in [0.2, 0.25) is 0 Å². The Bertz CT molecular complexity index is 483. The van der Waals surface area contributed by atoms with Gasteiger partial charge in [0.1, 0.15) is 0 Å². The lowest BCUT2D eigenvalue weighted by molar-refractivity contribution is 0.0313. The highest BCUT2D eigenvalue weighted by molar-refractivity contribution is 7.89. The molecular formula is C10H17N3O3S. The molecule has 0 radical (unpaired) electrons. The van der Waals surface area contributed by atoms with Crippen LogP contribution in [0.3, 0.4) is 0 Å². The van der Waals surface area contributed by atoms with Gasteiger partial charge in [-0.1, -0.05) is 6.92 Å². The molecule has 0 spiro atoms. The van der Waals surface area contributed by atoms with Crippen LogP contribution in [0.5, 0.6) is 0 Å². The first-order chi connectivity index (χ1) is 8.05. The molecule has 2 rings (SSSR count). The SMILES string of the molecule is CC[C@H]1COCCN1S(=O)(=O)c1cn(C)cn1. The molecule has 96 valence electrons. The maximum Gasteiger partial charge on any atom is 0.262 e. The number of hydrogen-bond acceptors (Lipinski definition) is 4.